The van der Waals surface area contributed by atoms with Crippen molar-refractivity contribution in [3.63, 3.8) is 0 Å². The Morgan fingerprint density at radius 3 is 3.07 bits per heavy atom. The molecule has 14 heavy (non-hydrogen) atoms. The predicted molar refractivity (Wildman–Crippen MR) is 52.3 cm³/mol. The number of furan rings is 1. The van der Waals surface area contributed by atoms with Crippen LogP contribution in [0.4, 0.5) is 0 Å². The Morgan fingerprint density at radius 1 is 1.71 bits per heavy atom. The average molecular weight is 190 g/mol. The van der Waals surface area contributed by atoms with Crippen LogP contribution in [0.15, 0.2) is 22.6 Å². The summed E-state index contributed by atoms with van der Waals surface area (Å²) in [6.07, 6.45) is 7.72. The third-order valence-corrected chi connectivity index (χ3v) is 1.44. The number of terminal acetylenes is 1. The molecule has 3 heteroatoms. The Morgan fingerprint density at radius 2 is 2.50 bits per heavy atom. The van der Waals surface area contributed by atoms with Gasteiger partial charge in [-0.2, -0.15) is 0 Å². The number of esters is 1. The van der Waals surface area contributed by atoms with E-state index in [1.54, 1.807) is 6.07 Å². The molecule has 1 rings (SSSR count). The number of hydrogen-bond acceptors (Lipinski definition) is 3. The van der Waals surface area contributed by atoms with E-state index in [1.807, 2.05) is 13.0 Å². The zero-order chi connectivity index (χ0) is 10.4. The van der Waals surface area contributed by atoms with E-state index >= 15 is 0 Å². The number of ether oxygens (including phenoxy) is 1. The van der Waals surface area contributed by atoms with Gasteiger partial charge in [-0.15, -0.1) is 6.42 Å². The normalized spacial score (nSPS) is 10.0. The molecule has 72 valence electrons. The molecule has 0 bridgehead atoms. The summed E-state index contributed by atoms with van der Waals surface area (Å²) >= 11 is 0. The zero-order valence-electron chi connectivity index (χ0n) is 7.82. The molecule has 0 atom stereocenters. The lowest BCUT2D eigenvalue weighted by molar-refractivity contribution is -0.136. The van der Waals surface area contributed by atoms with Crippen LogP contribution in [0.5, 0.6) is 0 Å². The molecule has 0 aliphatic heterocycles. The molecule has 1 aromatic rings. The monoisotopic (exact) mass is 190 g/mol. The molecule has 0 fully saturated rings. The van der Waals surface area contributed by atoms with Crippen LogP contribution in [-0.2, 0) is 9.53 Å². The summed E-state index contributed by atoms with van der Waals surface area (Å²) in [6.45, 7) is 1.81. The van der Waals surface area contributed by atoms with Gasteiger partial charge in [0.05, 0.1) is 0 Å². The van der Waals surface area contributed by atoms with E-state index in [4.69, 9.17) is 10.8 Å². The first-order valence-electron chi connectivity index (χ1n) is 4.07. The molecular weight excluding hydrogens is 180 g/mol. The lowest BCUT2D eigenvalue weighted by Gasteiger charge is -1.92. The molecule has 0 radical (unpaired) electrons. The van der Waals surface area contributed by atoms with Crippen molar-refractivity contribution in [3.05, 3.63) is 29.7 Å². The van der Waals surface area contributed by atoms with Gasteiger partial charge >= 0.3 is 5.97 Å². The molecule has 0 aliphatic carbocycles. The van der Waals surface area contributed by atoms with Crippen molar-refractivity contribution in [3.8, 4) is 12.3 Å². The molecule has 0 saturated carbocycles. The Balaban J connectivity index is 2.48. The lowest BCUT2D eigenvalue weighted by atomic mass is 10.4. The fraction of sp³-hybridized carbons (Fsp3) is 0.182. The van der Waals surface area contributed by atoms with E-state index in [0.717, 1.165) is 5.76 Å². The molecule has 1 aromatic heterocycles. The van der Waals surface area contributed by atoms with Gasteiger partial charge in [-0.1, -0.05) is 5.92 Å². The standard InChI is InChI=1S/C11H10O3/c1-3-8-13-11(12)7-6-10-5-4-9(2)14-10/h1,4-7H,8H2,2H3/b7-6+. The van der Waals surface area contributed by atoms with Crippen LogP contribution >= 0.6 is 0 Å². The number of rotatable bonds is 3. The second-order valence-corrected chi connectivity index (χ2v) is 2.59. The van der Waals surface area contributed by atoms with Crippen molar-refractivity contribution in [2.24, 2.45) is 0 Å². The summed E-state index contributed by atoms with van der Waals surface area (Å²) in [5, 5.41) is 0. The van der Waals surface area contributed by atoms with Crippen molar-refractivity contribution in [2.45, 2.75) is 6.92 Å². The number of hydrogen-bond donors (Lipinski definition) is 0. The first-order chi connectivity index (χ1) is 6.72. The van der Waals surface area contributed by atoms with Crippen LogP contribution < -0.4 is 0 Å². The van der Waals surface area contributed by atoms with Crippen molar-refractivity contribution < 1.29 is 13.9 Å². The Bertz CT molecular complexity index is 379. The third kappa shape index (κ3) is 3.20. The molecule has 0 unspecified atom stereocenters. The van der Waals surface area contributed by atoms with Crippen molar-refractivity contribution in [2.75, 3.05) is 6.61 Å². The van der Waals surface area contributed by atoms with Crippen LogP contribution in [0.25, 0.3) is 6.08 Å². The van der Waals surface area contributed by atoms with E-state index in [2.05, 4.69) is 10.7 Å². The fourth-order valence-corrected chi connectivity index (χ4v) is 0.854. The van der Waals surface area contributed by atoms with E-state index < -0.39 is 5.97 Å². The van der Waals surface area contributed by atoms with Gasteiger partial charge in [-0.05, 0) is 25.1 Å². The van der Waals surface area contributed by atoms with Crippen LogP contribution in [0, 0.1) is 19.3 Å². The Kier molecular flexibility index (Phi) is 3.57. The Hall–Kier alpha value is -1.95. The maximum absolute atomic E-state index is 10.9. The SMILES string of the molecule is C#CCOC(=O)/C=C/c1ccc(C)o1. The van der Waals surface area contributed by atoms with Crippen LogP contribution in [0.2, 0.25) is 0 Å². The molecular formula is C11H10O3. The summed E-state index contributed by atoms with van der Waals surface area (Å²) in [5.41, 5.74) is 0. The number of carbonyl (C=O) groups excluding carboxylic acids is 1. The summed E-state index contributed by atoms with van der Waals surface area (Å²) in [7, 11) is 0. The van der Waals surface area contributed by atoms with Crippen molar-refractivity contribution in [1.82, 2.24) is 0 Å². The summed E-state index contributed by atoms with van der Waals surface area (Å²) in [6, 6.07) is 3.58. The lowest BCUT2D eigenvalue weighted by Crippen LogP contribution is -1.99. The summed E-state index contributed by atoms with van der Waals surface area (Å²) in [4.78, 5) is 10.9. The van der Waals surface area contributed by atoms with E-state index in [-0.39, 0.29) is 6.61 Å². The first kappa shape index (κ1) is 10.1. The van der Waals surface area contributed by atoms with E-state index in [0.29, 0.717) is 5.76 Å². The maximum atomic E-state index is 10.9. The minimum atomic E-state index is -0.475. The fourth-order valence-electron chi connectivity index (χ4n) is 0.854. The molecule has 0 saturated heterocycles. The molecule has 0 aromatic carbocycles. The molecule has 0 amide bonds. The highest BCUT2D eigenvalue weighted by atomic mass is 16.5. The average Bonchev–Trinajstić information content (AvgIpc) is 2.58. The molecule has 3 nitrogen and oxygen atoms in total. The van der Waals surface area contributed by atoms with E-state index in [9.17, 15) is 4.79 Å². The van der Waals surface area contributed by atoms with Crippen LogP contribution in [-0.4, -0.2) is 12.6 Å². The van der Waals surface area contributed by atoms with Gasteiger partial charge in [0.1, 0.15) is 11.5 Å². The van der Waals surface area contributed by atoms with Gasteiger partial charge in [0, 0.05) is 6.08 Å². The number of carbonyl (C=O) groups is 1. The summed E-state index contributed by atoms with van der Waals surface area (Å²) in [5.74, 6) is 3.13. The molecule has 0 aliphatic rings. The largest absolute Gasteiger partial charge is 0.462 e. The maximum Gasteiger partial charge on any atom is 0.331 e. The summed E-state index contributed by atoms with van der Waals surface area (Å²) < 4.78 is 9.82. The van der Waals surface area contributed by atoms with Gasteiger partial charge < -0.3 is 9.15 Å². The Labute approximate surface area is 82.4 Å². The third-order valence-electron chi connectivity index (χ3n) is 1.44. The highest BCUT2D eigenvalue weighted by Crippen LogP contribution is 2.07. The van der Waals surface area contributed by atoms with Crippen molar-refractivity contribution >= 4 is 12.0 Å². The highest BCUT2D eigenvalue weighted by Gasteiger charge is 1.96. The van der Waals surface area contributed by atoms with Gasteiger partial charge in [0.25, 0.3) is 0 Å². The molecule has 0 spiro atoms. The highest BCUT2D eigenvalue weighted by molar-refractivity contribution is 5.86. The first-order valence-corrected chi connectivity index (χ1v) is 4.07. The minimum absolute atomic E-state index is 0.0135. The topological polar surface area (TPSA) is 39.4 Å². The van der Waals surface area contributed by atoms with Gasteiger partial charge in [0.2, 0.25) is 0 Å². The molecule has 1 heterocycles. The molecule has 0 N–H and O–H groups in total. The van der Waals surface area contributed by atoms with Gasteiger partial charge in [-0.25, -0.2) is 4.79 Å². The zero-order valence-corrected chi connectivity index (χ0v) is 7.82. The predicted octanol–water partition coefficient (Wildman–Crippen LogP) is 1.78. The second-order valence-electron chi connectivity index (χ2n) is 2.59. The smallest absolute Gasteiger partial charge is 0.331 e. The van der Waals surface area contributed by atoms with Gasteiger partial charge in [-0.3, -0.25) is 0 Å². The second kappa shape index (κ2) is 4.93. The van der Waals surface area contributed by atoms with Gasteiger partial charge in [0.15, 0.2) is 6.61 Å². The van der Waals surface area contributed by atoms with Crippen LogP contribution in [0.3, 0.4) is 0 Å². The minimum Gasteiger partial charge on any atom is -0.462 e. The van der Waals surface area contributed by atoms with E-state index in [1.165, 1.54) is 12.2 Å². The quantitative estimate of drug-likeness (QED) is 0.414. The van der Waals surface area contributed by atoms with Crippen LogP contribution in [0.1, 0.15) is 11.5 Å². The number of aryl methyl sites for hydroxylation is 1. The van der Waals surface area contributed by atoms with Crippen molar-refractivity contribution in [1.29, 1.82) is 0 Å².